The van der Waals surface area contributed by atoms with Crippen molar-refractivity contribution in [1.82, 2.24) is 15.0 Å². The van der Waals surface area contributed by atoms with Gasteiger partial charge in [-0.15, -0.1) is 95.6 Å². The molecular weight excluding hydrogens is 1060 g/mol. The van der Waals surface area contributed by atoms with Gasteiger partial charge in [0.25, 0.3) is 0 Å². The first-order valence-corrected chi connectivity index (χ1v) is 24.1. The summed E-state index contributed by atoms with van der Waals surface area (Å²) in [4.78, 5) is 14.6. The topological polar surface area (TPSA) is 38.7 Å². The molecule has 3 nitrogen and oxygen atoms in total. The molecule has 73 heavy (non-hydrogen) atoms. The summed E-state index contributed by atoms with van der Waals surface area (Å²) in [6.07, 6.45) is 5.80. The minimum absolute atomic E-state index is 0. The summed E-state index contributed by atoms with van der Waals surface area (Å²) in [7, 11) is 0. The van der Waals surface area contributed by atoms with Gasteiger partial charge in [0.1, 0.15) is 0 Å². The van der Waals surface area contributed by atoms with E-state index in [1.165, 1.54) is 11.1 Å². The minimum Gasteiger partial charge on any atom is -0.305 e. The van der Waals surface area contributed by atoms with Gasteiger partial charge in [0.15, 0.2) is 0 Å². The van der Waals surface area contributed by atoms with E-state index in [-0.39, 0.29) is 20.1 Å². The Hall–Kier alpha value is -8.92. The van der Waals surface area contributed by atoms with Crippen molar-refractivity contribution in [3.63, 3.8) is 0 Å². The summed E-state index contributed by atoms with van der Waals surface area (Å²) in [5.74, 6) is 0. The third kappa shape index (κ3) is 9.79. The Morgan fingerprint density at radius 2 is 0.671 bits per heavy atom. The summed E-state index contributed by atoms with van der Waals surface area (Å²) >= 11 is 0. The van der Waals surface area contributed by atoms with Crippen LogP contribution in [0.5, 0.6) is 0 Å². The van der Waals surface area contributed by atoms with Crippen LogP contribution >= 0.6 is 0 Å². The van der Waals surface area contributed by atoms with E-state index in [0.717, 1.165) is 112 Å². The maximum atomic E-state index is 4.94. The molecule has 0 aliphatic heterocycles. The van der Waals surface area contributed by atoms with Crippen molar-refractivity contribution < 1.29 is 20.1 Å². The third-order valence-electron chi connectivity index (χ3n) is 13.3. The van der Waals surface area contributed by atoms with Gasteiger partial charge in [-0.05, 0) is 114 Å². The molecule has 12 aromatic rings. The van der Waals surface area contributed by atoms with Gasteiger partial charge in [-0.2, -0.15) is 0 Å². The summed E-state index contributed by atoms with van der Waals surface area (Å²) in [6, 6.07) is 97.7. The second-order valence-corrected chi connectivity index (χ2v) is 17.7. The van der Waals surface area contributed by atoms with Gasteiger partial charge in [-0.3, -0.25) is 0 Å². The quantitative estimate of drug-likeness (QED) is 0.121. The van der Waals surface area contributed by atoms with Crippen LogP contribution in [0.25, 0.3) is 123 Å². The van der Waals surface area contributed by atoms with Gasteiger partial charge in [-0.1, -0.05) is 180 Å². The third-order valence-corrected chi connectivity index (χ3v) is 13.3. The summed E-state index contributed by atoms with van der Waals surface area (Å²) in [5, 5.41) is 0. The molecular formula is C69H44IrN3. The summed E-state index contributed by atoms with van der Waals surface area (Å²) < 4.78 is 0. The molecule has 344 valence electrons. The van der Waals surface area contributed by atoms with E-state index < -0.39 is 0 Å². The Morgan fingerprint density at radius 1 is 0.247 bits per heavy atom. The first-order valence-electron chi connectivity index (χ1n) is 24.1. The predicted octanol–water partition coefficient (Wildman–Crippen LogP) is 17.6. The van der Waals surface area contributed by atoms with Crippen LogP contribution in [-0.2, 0) is 20.1 Å². The van der Waals surface area contributed by atoms with Crippen LogP contribution < -0.4 is 0 Å². The fourth-order valence-corrected chi connectivity index (χ4v) is 9.66. The van der Waals surface area contributed by atoms with Crippen molar-refractivity contribution in [3.8, 4) is 123 Å². The number of hydrogen-bond acceptors (Lipinski definition) is 3. The number of benzene rings is 9. The van der Waals surface area contributed by atoms with Crippen LogP contribution in [-0.4, -0.2) is 15.0 Å². The second-order valence-electron chi connectivity index (χ2n) is 17.7. The molecule has 0 atom stereocenters. The van der Waals surface area contributed by atoms with E-state index in [2.05, 4.69) is 200 Å². The first kappa shape index (κ1) is 46.5. The number of pyridine rings is 3. The van der Waals surface area contributed by atoms with Crippen LogP contribution in [0.1, 0.15) is 0 Å². The standard InChI is InChI=1S/C69H44N3.Ir/c1-4-18-48(19-5-1)49-31-33-50(34-32-49)66-45-53(67-30-16-17-41-70-67)35-38-65(66)64-29-15-14-28-63(64)58-43-56(61-26-12-10-24-59(61)54-36-39-68(71-46-54)51-20-6-2-7-21-51)42-57(44-58)62-27-13-11-25-60(62)55-37-40-69(72-47-55)52-22-8-3-9-23-52;/h1-20,22,24-34,36-47H;/q-3;+3. The Kier molecular flexibility index (Phi) is 13.5. The fourth-order valence-electron chi connectivity index (χ4n) is 9.66. The van der Waals surface area contributed by atoms with Gasteiger partial charge >= 0.3 is 20.1 Å². The molecule has 0 aliphatic rings. The van der Waals surface area contributed by atoms with Gasteiger partial charge in [0, 0.05) is 18.6 Å². The molecule has 3 aromatic heterocycles. The van der Waals surface area contributed by atoms with E-state index in [0.29, 0.717) is 0 Å². The van der Waals surface area contributed by atoms with Crippen molar-refractivity contribution in [1.29, 1.82) is 0 Å². The van der Waals surface area contributed by atoms with E-state index >= 15 is 0 Å². The van der Waals surface area contributed by atoms with Crippen molar-refractivity contribution in [2.75, 3.05) is 0 Å². The smallest absolute Gasteiger partial charge is 0.305 e. The van der Waals surface area contributed by atoms with Crippen LogP contribution in [0.3, 0.4) is 0 Å². The Labute approximate surface area is 440 Å². The molecule has 0 saturated heterocycles. The second kappa shape index (κ2) is 21.2. The van der Waals surface area contributed by atoms with E-state index in [9.17, 15) is 0 Å². The molecule has 0 unspecified atom stereocenters. The van der Waals surface area contributed by atoms with Gasteiger partial charge in [0.2, 0.25) is 0 Å². The molecule has 0 saturated carbocycles. The largest absolute Gasteiger partial charge is 3.00 e. The molecule has 0 aliphatic carbocycles. The number of rotatable bonds is 11. The van der Waals surface area contributed by atoms with Crippen molar-refractivity contribution >= 4 is 0 Å². The van der Waals surface area contributed by atoms with E-state index in [1.54, 1.807) is 0 Å². The average molecular weight is 1110 g/mol. The molecule has 12 rings (SSSR count). The Morgan fingerprint density at radius 3 is 1.15 bits per heavy atom. The van der Waals surface area contributed by atoms with Crippen LogP contribution in [0, 0.1) is 18.2 Å². The SMILES string of the molecule is [Ir+3].[c-]1ccccc1-c1ccc(-c2ccccc2-c2cc(-c3ccccc3-c3ccc(-c4[c-]cccc4)nc3)cc(-c3ccccc3-c3c[c-]c(-c4ccccn4)cc3-c3ccc(-c4ccccc4)cc3)c2)cn1. The van der Waals surface area contributed by atoms with Crippen LogP contribution in [0.4, 0.5) is 0 Å². The maximum absolute atomic E-state index is 4.94. The fraction of sp³-hybridized carbons (Fsp3) is 0. The van der Waals surface area contributed by atoms with Crippen molar-refractivity contribution in [2.24, 2.45) is 0 Å². The molecule has 0 fully saturated rings. The maximum Gasteiger partial charge on any atom is 3.00 e. The Balaban J connectivity index is 0.00000574. The molecule has 3 heterocycles. The Bertz CT molecular complexity index is 3660. The summed E-state index contributed by atoms with van der Waals surface area (Å²) in [6.45, 7) is 0. The summed E-state index contributed by atoms with van der Waals surface area (Å²) in [5.41, 5.74) is 23.1. The first-order chi connectivity index (χ1) is 35.7. The van der Waals surface area contributed by atoms with E-state index in [1.807, 2.05) is 85.3 Å². The molecule has 0 amide bonds. The van der Waals surface area contributed by atoms with Gasteiger partial charge < -0.3 is 15.0 Å². The zero-order valence-corrected chi connectivity index (χ0v) is 42.0. The van der Waals surface area contributed by atoms with Gasteiger partial charge in [0.05, 0.1) is 0 Å². The molecule has 4 heteroatoms. The number of hydrogen-bond donors (Lipinski definition) is 0. The normalized spacial score (nSPS) is 10.9. The van der Waals surface area contributed by atoms with E-state index in [4.69, 9.17) is 15.0 Å². The van der Waals surface area contributed by atoms with Crippen LogP contribution in [0.15, 0.2) is 267 Å². The van der Waals surface area contributed by atoms with Crippen molar-refractivity contribution in [3.05, 3.63) is 286 Å². The minimum atomic E-state index is 0. The average Bonchev–Trinajstić information content (AvgIpc) is 3.48. The molecule has 0 spiro atoms. The van der Waals surface area contributed by atoms with Crippen molar-refractivity contribution in [2.45, 2.75) is 0 Å². The molecule has 9 aromatic carbocycles. The molecule has 0 N–H and O–H groups in total. The number of nitrogens with zero attached hydrogens (tertiary/aromatic N) is 3. The van der Waals surface area contributed by atoms with Crippen LogP contribution in [0.2, 0.25) is 0 Å². The monoisotopic (exact) mass is 1110 g/mol. The van der Waals surface area contributed by atoms with Gasteiger partial charge in [-0.25, -0.2) is 0 Å². The zero-order chi connectivity index (χ0) is 48.1. The predicted molar refractivity (Wildman–Crippen MR) is 296 cm³/mol. The number of aromatic nitrogens is 3. The molecule has 0 radical (unpaired) electrons. The molecule has 0 bridgehead atoms. The zero-order valence-electron chi connectivity index (χ0n) is 39.6.